The molecule has 7 nitrogen and oxygen atoms in total. The van der Waals surface area contributed by atoms with Crippen LogP contribution in [0.3, 0.4) is 0 Å². The van der Waals surface area contributed by atoms with E-state index in [4.69, 9.17) is 9.47 Å². The third-order valence-corrected chi connectivity index (χ3v) is 3.23. The molecule has 0 unspecified atom stereocenters. The zero-order valence-electron chi connectivity index (χ0n) is 15.1. The molecule has 0 aliphatic heterocycles. The average molecular weight is 338 g/mol. The molecule has 0 saturated carbocycles. The fourth-order valence-corrected chi connectivity index (χ4v) is 2.11. The number of hydrogen-bond acceptors (Lipinski definition) is 5. The number of hydrogen-bond donors (Lipinski definition) is 2. The minimum absolute atomic E-state index is 0.153. The molecule has 0 atom stereocenters. The quantitative estimate of drug-likeness (QED) is 0.742. The highest BCUT2D eigenvalue weighted by molar-refractivity contribution is 5.99. The molecule has 0 fully saturated rings. The van der Waals surface area contributed by atoms with Crippen LogP contribution in [0, 0.1) is 19.8 Å². The molecule has 1 heterocycles. The van der Waals surface area contributed by atoms with Crippen molar-refractivity contribution >= 4 is 17.8 Å². The summed E-state index contributed by atoms with van der Waals surface area (Å²) in [5.74, 6) is -1.23. The summed E-state index contributed by atoms with van der Waals surface area (Å²) in [5.41, 5.74) is 1.44. The molecule has 0 radical (unpaired) electrons. The standard InChI is InChI=1S/C17H26N2O5/c1-9(2)7-18-13(20)8-23-17(22)15-11(5)14(12(6)19-15)16(21)24-10(3)4/h9-10,19H,7-8H2,1-6H3,(H,18,20). The molecule has 1 aromatic rings. The van der Waals surface area contributed by atoms with E-state index in [1.807, 2.05) is 13.8 Å². The highest BCUT2D eigenvalue weighted by Crippen LogP contribution is 2.20. The van der Waals surface area contributed by atoms with Crippen LogP contribution in [-0.2, 0) is 14.3 Å². The van der Waals surface area contributed by atoms with E-state index in [1.165, 1.54) is 0 Å². The fourth-order valence-electron chi connectivity index (χ4n) is 2.11. The van der Waals surface area contributed by atoms with Crippen molar-refractivity contribution in [2.75, 3.05) is 13.2 Å². The smallest absolute Gasteiger partial charge is 0.355 e. The maximum atomic E-state index is 12.1. The number of carbonyl (C=O) groups is 3. The fraction of sp³-hybridized carbons (Fsp3) is 0.588. The minimum Gasteiger partial charge on any atom is -0.459 e. The van der Waals surface area contributed by atoms with Crippen molar-refractivity contribution in [2.24, 2.45) is 5.92 Å². The summed E-state index contributed by atoms with van der Waals surface area (Å²) in [4.78, 5) is 38.7. The lowest BCUT2D eigenvalue weighted by Crippen LogP contribution is -2.31. The summed E-state index contributed by atoms with van der Waals surface area (Å²) in [6, 6.07) is 0. The third-order valence-electron chi connectivity index (χ3n) is 3.23. The molecular formula is C17H26N2O5. The summed E-state index contributed by atoms with van der Waals surface area (Å²) < 4.78 is 10.2. The van der Waals surface area contributed by atoms with Crippen molar-refractivity contribution in [3.63, 3.8) is 0 Å². The first-order chi connectivity index (χ1) is 11.1. The van der Waals surface area contributed by atoms with Gasteiger partial charge in [-0.25, -0.2) is 9.59 Å². The van der Waals surface area contributed by atoms with Gasteiger partial charge in [-0.05, 0) is 39.2 Å². The van der Waals surface area contributed by atoms with Crippen LogP contribution in [0.25, 0.3) is 0 Å². The van der Waals surface area contributed by atoms with Gasteiger partial charge in [0.05, 0.1) is 11.7 Å². The molecule has 0 saturated heterocycles. The van der Waals surface area contributed by atoms with E-state index in [0.717, 1.165) is 0 Å². The Kier molecular flexibility index (Phi) is 7.00. The van der Waals surface area contributed by atoms with Crippen LogP contribution in [0.2, 0.25) is 0 Å². The second-order valence-electron chi connectivity index (χ2n) is 6.35. The van der Waals surface area contributed by atoms with E-state index >= 15 is 0 Å². The molecule has 24 heavy (non-hydrogen) atoms. The average Bonchev–Trinajstić information content (AvgIpc) is 2.76. The third kappa shape index (κ3) is 5.40. The lowest BCUT2D eigenvalue weighted by molar-refractivity contribution is -0.124. The summed E-state index contributed by atoms with van der Waals surface area (Å²) in [5, 5.41) is 2.66. The zero-order valence-corrected chi connectivity index (χ0v) is 15.1. The van der Waals surface area contributed by atoms with Gasteiger partial charge in [-0.15, -0.1) is 0 Å². The van der Waals surface area contributed by atoms with E-state index in [1.54, 1.807) is 27.7 Å². The van der Waals surface area contributed by atoms with Gasteiger partial charge in [-0.3, -0.25) is 4.79 Å². The molecule has 2 N–H and O–H groups in total. The maximum absolute atomic E-state index is 12.1. The molecular weight excluding hydrogens is 312 g/mol. The van der Waals surface area contributed by atoms with E-state index in [9.17, 15) is 14.4 Å². The van der Waals surface area contributed by atoms with Crippen LogP contribution < -0.4 is 5.32 Å². The van der Waals surface area contributed by atoms with E-state index < -0.39 is 11.9 Å². The summed E-state index contributed by atoms with van der Waals surface area (Å²) in [7, 11) is 0. The first kappa shape index (κ1) is 19.7. The lowest BCUT2D eigenvalue weighted by Gasteiger charge is -2.09. The van der Waals surface area contributed by atoms with Crippen LogP contribution in [-0.4, -0.2) is 42.1 Å². The number of rotatable bonds is 7. The van der Waals surface area contributed by atoms with Gasteiger partial charge in [0.15, 0.2) is 6.61 Å². The molecule has 1 aromatic heterocycles. The Bertz CT molecular complexity index is 617. The number of nitrogens with one attached hydrogen (secondary N) is 2. The van der Waals surface area contributed by atoms with Gasteiger partial charge in [-0.2, -0.15) is 0 Å². The van der Waals surface area contributed by atoms with Crippen LogP contribution in [0.5, 0.6) is 0 Å². The number of ether oxygens (including phenoxy) is 2. The molecule has 1 amide bonds. The lowest BCUT2D eigenvalue weighted by atomic mass is 10.1. The molecule has 7 heteroatoms. The van der Waals surface area contributed by atoms with Gasteiger partial charge >= 0.3 is 11.9 Å². The zero-order chi connectivity index (χ0) is 18.4. The van der Waals surface area contributed by atoms with Gasteiger partial charge in [0.1, 0.15) is 5.69 Å². The largest absolute Gasteiger partial charge is 0.459 e. The predicted octanol–water partition coefficient (Wildman–Crippen LogP) is 2.13. The summed E-state index contributed by atoms with van der Waals surface area (Å²) >= 11 is 0. The second kappa shape index (κ2) is 8.52. The van der Waals surface area contributed by atoms with Crippen molar-refractivity contribution in [1.29, 1.82) is 0 Å². The van der Waals surface area contributed by atoms with Gasteiger partial charge in [0.2, 0.25) is 0 Å². The van der Waals surface area contributed by atoms with Crippen molar-refractivity contribution in [3.05, 3.63) is 22.5 Å². The van der Waals surface area contributed by atoms with E-state index in [2.05, 4.69) is 10.3 Å². The Morgan fingerprint density at radius 3 is 2.25 bits per heavy atom. The van der Waals surface area contributed by atoms with Crippen LogP contribution in [0.15, 0.2) is 0 Å². The Morgan fingerprint density at radius 2 is 1.71 bits per heavy atom. The van der Waals surface area contributed by atoms with Gasteiger partial charge in [-0.1, -0.05) is 13.8 Å². The topological polar surface area (TPSA) is 97.5 Å². The normalized spacial score (nSPS) is 10.8. The molecule has 0 spiro atoms. The number of amides is 1. The Labute approximate surface area is 142 Å². The summed E-state index contributed by atoms with van der Waals surface area (Å²) in [6.45, 7) is 10.9. The SMILES string of the molecule is Cc1[nH]c(C(=O)OCC(=O)NCC(C)C)c(C)c1C(=O)OC(C)C. The van der Waals surface area contributed by atoms with Crippen LogP contribution in [0.1, 0.15) is 59.8 Å². The molecule has 0 aliphatic rings. The van der Waals surface area contributed by atoms with Crippen LogP contribution in [0.4, 0.5) is 0 Å². The number of aromatic nitrogens is 1. The molecule has 0 aliphatic carbocycles. The summed E-state index contributed by atoms with van der Waals surface area (Å²) in [6.07, 6.45) is -0.258. The molecule has 0 aromatic carbocycles. The van der Waals surface area contributed by atoms with Crippen LogP contribution >= 0.6 is 0 Å². The number of esters is 2. The Balaban J connectivity index is 2.75. The van der Waals surface area contributed by atoms with Crippen molar-refractivity contribution in [2.45, 2.75) is 47.6 Å². The monoisotopic (exact) mass is 338 g/mol. The first-order valence-corrected chi connectivity index (χ1v) is 7.97. The predicted molar refractivity (Wildman–Crippen MR) is 88.9 cm³/mol. The number of H-pyrrole nitrogens is 1. The van der Waals surface area contributed by atoms with E-state index in [-0.39, 0.29) is 24.3 Å². The van der Waals surface area contributed by atoms with Gasteiger partial charge < -0.3 is 19.8 Å². The number of aromatic amines is 1. The van der Waals surface area contributed by atoms with Crippen molar-refractivity contribution < 1.29 is 23.9 Å². The van der Waals surface area contributed by atoms with Crippen molar-refractivity contribution in [1.82, 2.24) is 10.3 Å². The molecule has 0 bridgehead atoms. The molecule has 134 valence electrons. The Morgan fingerprint density at radius 1 is 1.08 bits per heavy atom. The second-order valence-corrected chi connectivity index (χ2v) is 6.35. The highest BCUT2D eigenvalue weighted by atomic mass is 16.5. The highest BCUT2D eigenvalue weighted by Gasteiger charge is 2.24. The minimum atomic E-state index is -0.682. The van der Waals surface area contributed by atoms with Gasteiger partial charge in [0.25, 0.3) is 5.91 Å². The van der Waals surface area contributed by atoms with E-state index in [0.29, 0.717) is 29.3 Å². The number of aryl methyl sites for hydroxylation is 1. The van der Waals surface area contributed by atoms with Gasteiger partial charge in [0, 0.05) is 12.2 Å². The van der Waals surface area contributed by atoms with Crippen molar-refractivity contribution in [3.8, 4) is 0 Å². The first-order valence-electron chi connectivity index (χ1n) is 7.97. The number of carbonyl (C=O) groups excluding carboxylic acids is 3. The maximum Gasteiger partial charge on any atom is 0.355 e. The Hall–Kier alpha value is -2.31. The molecule has 1 rings (SSSR count).